The Morgan fingerprint density at radius 1 is 1.16 bits per heavy atom. The molecule has 0 aromatic heterocycles. The first kappa shape index (κ1) is 14.1. The van der Waals surface area contributed by atoms with Crippen molar-refractivity contribution in [2.24, 2.45) is 17.8 Å². The Labute approximate surface area is 129 Å². The van der Waals surface area contributed by atoms with Gasteiger partial charge >= 0.3 is 5.97 Å². The van der Waals surface area contributed by atoms with Crippen molar-refractivity contribution in [1.29, 1.82) is 0 Å². The van der Waals surface area contributed by atoms with Crippen LogP contribution in [0.15, 0.2) is 0 Å². The Bertz CT molecular complexity index is 341. The number of methoxy groups -OCH3 is 1. The molecule has 19 heavy (non-hydrogen) atoms. The molecule has 108 valence electrons. The summed E-state index contributed by atoms with van der Waals surface area (Å²) >= 11 is 2.58. The monoisotopic (exact) mass is 377 g/mol. The molecule has 0 spiro atoms. The van der Waals surface area contributed by atoms with E-state index in [-0.39, 0.29) is 11.9 Å². The fourth-order valence-electron chi connectivity index (χ4n) is 4.56. The number of ether oxygens (including phenoxy) is 1. The van der Waals surface area contributed by atoms with E-state index in [1.54, 1.807) is 7.11 Å². The summed E-state index contributed by atoms with van der Waals surface area (Å²) in [5.41, 5.74) is 0. The average Bonchev–Trinajstić information content (AvgIpc) is 2.80. The fraction of sp³-hybridized carbons (Fsp3) is 0.933. The number of esters is 1. The molecule has 1 N–H and O–H groups in total. The third-order valence-corrected chi connectivity index (χ3v) is 6.75. The van der Waals surface area contributed by atoms with Gasteiger partial charge in [0.2, 0.25) is 0 Å². The lowest BCUT2D eigenvalue weighted by atomic mass is 9.69. The van der Waals surface area contributed by atoms with Crippen LogP contribution in [0.3, 0.4) is 0 Å². The SMILES string of the molecule is COC(=O)[C@@H]1C2CC[C@H](C[C@@H]1C1CCC(I)CC1)N2. The van der Waals surface area contributed by atoms with Gasteiger partial charge in [-0.2, -0.15) is 0 Å². The van der Waals surface area contributed by atoms with Gasteiger partial charge in [0.1, 0.15) is 0 Å². The van der Waals surface area contributed by atoms with Crippen LogP contribution in [-0.4, -0.2) is 29.1 Å². The highest BCUT2D eigenvalue weighted by Gasteiger charge is 2.48. The second-order valence-corrected chi connectivity index (χ2v) is 8.27. The van der Waals surface area contributed by atoms with Crippen LogP contribution in [-0.2, 0) is 9.53 Å². The molecule has 0 aromatic carbocycles. The standard InChI is InChI=1S/C15H24INO2/c1-19-15(18)14-12(8-11-6-7-13(14)17-11)9-2-4-10(16)5-3-9/h9-14,17H,2-8H2,1H3/t9?,10?,11-,12-,13?,14+/m1/s1. The fourth-order valence-corrected chi connectivity index (χ4v) is 5.28. The van der Waals surface area contributed by atoms with Gasteiger partial charge in [-0.05, 0) is 56.8 Å². The Hall–Kier alpha value is 0.160. The van der Waals surface area contributed by atoms with Gasteiger partial charge in [-0.25, -0.2) is 0 Å². The van der Waals surface area contributed by atoms with E-state index in [4.69, 9.17) is 4.74 Å². The highest BCUT2D eigenvalue weighted by atomic mass is 127. The molecule has 1 unspecified atom stereocenters. The zero-order valence-electron chi connectivity index (χ0n) is 11.6. The highest BCUT2D eigenvalue weighted by Crippen LogP contribution is 2.45. The number of piperidine rings is 1. The maximum absolute atomic E-state index is 12.2. The largest absolute Gasteiger partial charge is 0.469 e. The van der Waals surface area contributed by atoms with Gasteiger partial charge in [0.25, 0.3) is 0 Å². The van der Waals surface area contributed by atoms with E-state index in [1.165, 1.54) is 38.5 Å². The highest BCUT2D eigenvalue weighted by molar-refractivity contribution is 14.1. The molecule has 1 saturated carbocycles. The molecular formula is C15H24INO2. The van der Waals surface area contributed by atoms with E-state index in [9.17, 15) is 4.79 Å². The number of rotatable bonds is 2. The van der Waals surface area contributed by atoms with Gasteiger partial charge < -0.3 is 10.1 Å². The minimum Gasteiger partial charge on any atom is -0.469 e. The molecule has 2 bridgehead atoms. The van der Waals surface area contributed by atoms with Crippen molar-refractivity contribution in [3.8, 4) is 0 Å². The molecule has 2 heterocycles. The number of halogens is 1. The van der Waals surface area contributed by atoms with E-state index < -0.39 is 0 Å². The van der Waals surface area contributed by atoms with Gasteiger partial charge in [-0.3, -0.25) is 4.79 Å². The molecule has 0 amide bonds. The molecular weight excluding hydrogens is 353 g/mol. The zero-order valence-corrected chi connectivity index (χ0v) is 13.8. The summed E-state index contributed by atoms with van der Waals surface area (Å²) in [5.74, 6) is 1.45. The lowest BCUT2D eigenvalue weighted by Crippen LogP contribution is -2.51. The first-order chi connectivity index (χ1) is 9.19. The van der Waals surface area contributed by atoms with Crippen LogP contribution in [0.5, 0.6) is 0 Å². The molecule has 3 aliphatic rings. The normalized spacial score (nSPS) is 46.0. The molecule has 0 aromatic rings. The Balaban J connectivity index is 1.75. The van der Waals surface area contributed by atoms with Gasteiger partial charge in [0, 0.05) is 16.0 Å². The number of carbonyl (C=O) groups excluding carboxylic acids is 1. The lowest BCUT2D eigenvalue weighted by Gasteiger charge is -2.42. The van der Waals surface area contributed by atoms with Gasteiger partial charge in [0.05, 0.1) is 13.0 Å². The van der Waals surface area contributed by atoms with E-state index in [0.29, 0.717) is 18.0 Å². The number of alkyl halides is 1. The molecule has 3 fully saturated rings. The number of carbonyl (C=O) groups is 1. The van der Waals surface area contributed by atoms with Gasteiger partial charge in [-0.1, -0.05) is 22.6 Å². The second kappa shape index (κ2) is 5.88. The molecule has 4 atom stereocenters. The molecule has 2 aliphatic heterocycles. The number of hydrogen-bond donors (Lipinski definition) is 1. The Kier molecular flexibility index (Phi) is 4.37. The first-order valence-electron chi connectivity index (χ1n) is 7.67. The van der Waals surface area contributed by atoms with E-state index in [0.717, 1.165) is 16.3 Å². The third-order valence-electron chi connectivity index (χ3n) is 5.51. The van der Waals surface area contributed by atoms with Crippen LogP contribution >= 0.6 is 22.6 Å². The molecule has 3 rings (SSSR count). The first-order valence-corrected chi connectivity index (χ1v) is 8.91. The van der Waals surface area contributed by atoms with Crippen molar-refractivity contribution in [3.63, 3.8) is 0 Å². The number of hydrogen-bond acceptors (Lipinski definition) is 3. The Morgan fingerprint density at radius 3 is 2.58 bits per heavy atom. The van der Waals surface area contributed by atoms with Crippen molar-refractivity contribution >= 4 is 28.6 Å². The quantitative estimate of drug-likeness (QED) is 0.457. The predicted octanol–water partition coefficient (Wildman–Crippen LogP) is 2.91. The second-order valence-electron chi connectivity index (χ2n) is 6.51. The van der Waals surface area contributed by atoms with Crippen molar-refractivity contribution in [2.75, 3.05) is 7.11 Å². The third kappa shape index (κ3) is 2.80. The van der Waals surface area contributed by atoms with Crippen LogP contribution < -0.4 is 5.32 Å². The summed E-state index contributed by atoms with van der Waals surface area (Å²) in [6.45, 7) is 0. The van der Waals surface area contributed by atoms with E-state index in [2.05, 4.69) is 27.9 Å². The van der Waals surface area contributed by atoms with Crippen molar-refractivity contribution < 1.29 is 9.53 Å². The maximum Gasteiger partial charge on any atom is 0.310 e. The summed E-state index contributed by atoms with van der Waals surface area (Å²) in [4.78, 5) is 12.2. The topological polar surface area (TPSA) is 38.3 Å². The minimum absolute atomic E-state index is 0.0273. The van der Waals surface area contributed by atoms with Crippen LogP contribution in [0, 0.1) is 17.8 Å². The molecule has 2 saturated heterocycles. The predicted molar refractivity (Wildman–Crippen MR) is 83.3 cm³/mol. The summed E-state index contributed by atoms with van der Waals surface area (Å²) in [5, 5.41) is 3.63. The van der Waals surface area contributed by atoms with Gasteiger partial charge in [0.15, 0.2) is 0 Å². The van der Waals surface area contributed by atoms with Crippen LogP contribution in [0.4, 0.5) is 0 Å². The van der Waals surface area contributed by atoms with E-state index >= 15 is 0 Å². The minimum atomic E-state index is 0.0273. The zero-order chi connectivity index (χ0) is 13.4. The Morgan fingerprint density at radius 2 is 1.89 bits per heavy atom. The summed E-state index contributed by atoms with van der Waals surface area (Å²) in [6, 6.07) is 1.04. The van der Waals surface area contributed by atoms with Crippen LogP contribution in [0.25, 0.3) is 0 Å². The van der Waals surface area contributed by atoms with Crippen molar-refractivity contribution in [3.05, 3.63) is 0 Å². The summed E-state index contributed by atoms with van der Waals surface area (Å²) in [7, 11) is 1.54. The lowest BCUT2D eigenvalue weighted by molar-refractivity contribution is -0.151. The summed E-state index contributed by atoms with van der Waals surface area (Å²) < 4.78 is 5.95. The molecule has 1 aliphatic carbocycles. The molecule has 3 nitrogen and oxygen atoms in total. The smallest absolute Gasteiger partial charge is 0.310 e. The maximum atomic E-state index is 12.2. The van der Waals surface area contributed by atoms with Crippen LogP contribution in [0.1, 0.15) is 44.9 Å². The van der Waals surface area contributed by atoms with Crippen molar-refractivity contribution in [1.82, 2.24) is 5.32 Å². The summed E-state index contributed by atoms with van der Waals surface area (Å²) in [6.07, 6.45) is 8.87. The van der Waals surface area contributed by atoms with Crippen molar-refractivity contribution in [2.45, 2.75) is 61.0 Å². The van der Waals surface area contributed by atoms with Crippen LogP contribution in [0.2, 0.25) is 0 Å². The van der Waals surface area contributed by atoms with Gasteiger partial charge in [-0.15, -0.1) is 0 Å². The number of nitrogens with one attached hydrogen (secondary N) is 1. The average molecular weight is 377 g/mol. The number of fused-ring (bicyclic) bond motifs is 2. The molecule has 4 heteroatoms. The molecule has 0 radical (unpaired) electrons. The van der Waals surface area contributed by atoms with E-state index in [1.807, 2.05) is 0 Å².